The summed E-state index contributed by atoms with van der Waals surface area (Å²) >= 11 is 0. The highest BCUT2D eigenvalue weighted by Crippen LogP contribution is 2.40. The Hall–Kier alpha value is -5.03. The lowest BCUT2D eigenvalue weighted by atomic mass is 9.88. The molecule has 0 bridgehead atoms. The molecular formula is C33H23N3O2. The summed E-state index contributed by atoms with van der Waals surface area (Å²) in [6.07, 6.45) is 0.704. The second kappa shape index (κ2) is 8.82. The van der Waals surface area contributed by atoms with Gasteiger partial charge in [0.25, 0.3) is 11.8 Å². The first-order chi connectivity index (χ1) is 18.7. The molecular weight excluding hydrogens is 470 g/mol. The van der Waals surface area contributed by atoms with Gasteiger partial charge in [-0.25, -0.2) is 4.90 Å². The number of hydrogen-bond donors (Lipinski definition) is 0. The summed E-state index contributed by atoms with van der Waals surface area (Å²) in [5, 5.41) is 8.76. The number of hydrazone groups is 1. The van der Waals surface area contributed by atoms with Crippen molar-refractivity contribution < 1.29 is 9.59 Å². The minimum atomic E-state index is -0.308. The Balaban J connectivity index is 1.36. The van der Waals surface area contributed by atoms with Crippen molar-refractivity contribution >= 4 is 39.7 Å². The van der Waals surface area contributed by atoms with Crippen LogP contribution in [0.4, 0.5) is 11.4 Å². The van der Waals surface area contributed by atoms with Crippen molar-refractivity contribution in [1.29, 1.82) is 0 Å². The van der Waals surface area contributed by atoms with E-state index in [1.54, 1.807) is 18.2 Å². The van der Waals surface area contributed by atoms with Crippen LogP contribution in [-0.4, -0.2) is 17.5 Å². The van der Waals surface area contributed by atoms with Crippen LogP contribution in [0.3, 0.4) is 0 Å². The van der Waals surface area contributed by atoms with Crippen molar-refractivity contribution in [1.82, 2.24) is 0 Å². The molecule has 0 aliphatic carbocycles. The molecule has 0 N–H and O–H groups in total. The van der Waals surface area contributed by atoms with Gasteiger partial charge in [-0.2, -0.15) is 5.10 Å². The molecule has 0 fully saturated rings. The van der Waals surface area contributed by atoms with E-state index in [0.717, 1.165) is 22.3 Å². The molecule has 182 valence electrons. The number of hydrogen-bond acceptors (Lipinski definition) is 4. The summed E-state index contributed by atoms with van der Waals surface area (Å²) in [5.41, 5.74) is 5.70. The van der Waals surface area contributed by atoms with Gasteiger partial charge in [-0.3, -0.25) is 14.6 Å². The second-order valence-corrected chi connectivity index (χ2v) is 9.53. The highest BCUT2D eigenvalue weighted by atomic mass is 16.2. The maximum Gasteiger partial charge on any atom is 0.265 e. The van der Waals surface area contributed by atoms with E-state index in [1.807, 2.05) is 66.7 Å². The Bertz CT molecular complexity index is 1710. The number of para-hydroxylation sites is 2. The van der Waals surface area contributed by atoms with Gasteiger partial charge in [-0.15, -0.1) is 0 Å². The summed E-state index contributed by atoms with van der Waals surface area (Å²) in [6.45, 7) is 0. The molecule has 7 rings (SSSR count). The monoisotopic (exact) mass is 493 g/mol. The van der Waals surface area contributed by atoms with Crippen molar-refractivity contribution in [3.05, 3.63) is 144 Å². The molecule has 5 aromatic rings. The van der Waals surface area contributed by atoms with Gasteiger partial charge in [-0.1, -0.05) is 84.9 Å². The first-order valence-corrected chi connectivity index (χ1v) is 12.7. The highest BCUT2D eigenvalue weighted by Gasteiger charge is 2.36. The van der Waals surface area contributed by atoms with Crippen LogP contribution in [0.15, 0.2) is 126 Å². The number of benzene rings is 5. The largest absolute Gasteiger partial charge is 0.268 e. The molecule has 5 heteroatoms. The predicted molar refractivity (Wildman–Crippen MR) is 151 cm³/mol. The summed E-state index contributed by atoms with van der Waals surface area (Å²) in [6, 6.07) is 39.2. The van der Waals surface area contributed by atoms with Crippen LogP contribution in [0.1, 0.15) is 44.3 Å². The van der Waals surface area contributed by atoms with Crippen LogP contribution in [-0.2, 0) is 0 Å². The minimum Gasteiger partial charge on any atom is -0.268 e. The third-order valence-electron chi connectivity index (χ3n) is 7.35. The molecule has 2 aliphatic heterocycles. The Kier molecular flexibility index (Phi) is 5.15. The van der Waals surface area contributed by atoms with Crippen molar-refractivity contribution in [2.75, 3.05) is 9.91 Å². The SMILES string of the molecule is O=C1c2cccc3c(C4=NN(c5ccccc5)[C@H](c5ccccc5)C4)ccc(c23)C(=O)N1c1ccccc1. The fourth-order valence-corrected chi connectivity index (χ4v) is 5.59. The van der Waals surface area contributed by atoms with Gasteiger partial charge in [0.1, 0.15) is 0 Å². The molecule has 0 spiro atoms. The molecule has 0 saturated carbocycles. The molecule has 0 saturated heterocycles. The number of imide groups is 1. The zero-order valence-corrected chi connectivity index (χ0v) is 20.5. The smallest absolute Gasteiger partial charge is 0.265 e. The zero-order valence-electron chi connectivity index (χ0n) is 20.5. The zero-order chi connectivity index (χ0) is 25.6. The fourth-order valence-electron chi connectivity index (χ4n) is 5.59. The van der Waals surface area contributed by atoms with Crippen LogP contribution >= 0.6 is 0 Å². The van der Waals surface area contributed by atoms with E-state index in [-0.39, 0.29) is 17.9 Å². The average Bonchev–Trinajstić information content (AvgIpc) is 3.43. The summed E-state index contributed by atoms with van der Waals surface area (Å²) in [4.78, 5) is 28.4. The van der Waals surface area contributed by atoms with Crippen LogP contribution < -0.4 is 9.91 Å². The van der Waals surface area contributed by atoms with E-state index in [4.69, 9.17) is 5.10 Å². The molecule has 2 amide bonds. The Labute approximate surface area is 220 Å². The molecule has 1 atom stereocenters. The van der Waals surface area contributed by atoms with Gasteiger partial charge in [-0.05, 0) is 47.3 Å². The Morgan fingerprint density at radius 2 is 1.16 bits per heavy atom. The first-order valence-electron chi connectivity index (χ1n) is 12.7. The van der Waals surface area contributed by atoms with Gasteiger partial charge in [0.2, 0.25) is 0 Å². The Morgan fingerprint density at radius 3 is 1.84 bits per heavy atom. The second-order valence-electron chi connectivity index (χ2n) is 9.53. The maximum atomic E-state index is 13.6. The summed E-state index contributed by atoms with van der Waals surface area (Å²) in [7, 11) is 0. The van der Waals surface area contributed by atoms with E-state index < -0.39 is 0 Å². The molecule has 0 unspecified atom stereocenters. The number of carbonyl (C=O) groups excluding carboxylic acids is 2. The van der Waals surface area contributed by atoms with E-state index >= 15 is 0 Å². The number of nitrogens with zero attached hydrogens (tertiary/aromatic N) is 3. The highest BCUT2D eigenvalue weighted by molar-refractivity contribution is 6.36. The van der Waals surface area contributed by atoms with E-state index in [9.17, 15) is 9.59 Å². The number of rotatable bonds is 4. The molecule has 0 aromatic heterocycles. The number of carbonyl (C=O) groups is 2. The maximum absolute atomic E-state index is 13.6. The van der Waals surface area contributed by atoms with Crippen LogP contribution in [0.25, 0.3) is 10.8 Å². The summed E-state index contributed by atoms with van der Waals surface area (Å²) in [5.74, 6) is -0.615. The van der Waals surface area contributed by atoms with Crippen LogP contribution in [0.2, 0.25) is 0 Å². The quantitative estimate of drug-likeness (QED) is 0.253. The van der Waals surface area contributed by atoms with Gasteiger partial charge in [0, 0.05) is 28.5 Å². The van der Waals surface area contributed by atoms with Crippen molar-refractivity contribution in [2.24, 2.45) is 5.10 Å². The normalized spacial score (nSPS) is 16.7. The van der Waals surface area contributed by atoms with E-state index in [0.29, 0.717) is 28.6 Å². The molecule has 38 heavy (non-hydrogen) atoms. The topological polar surface area (TPSA) is 53.0 Å². The third-order valence-corrected chi connectivity index (χ3v) is 7.35. The van der Waals surface area contributed by atoms with E-state index in [1.165, 1.54) is 10.5 Å². The lowest BCUT2D eigenvalue weighted by Crippen LogP contribution is -2.40. The number of anilines is 2. The Morgan fingerprint density at radius 1 is 0.579 bits per heavy atom. The average molecular weight is 494 g/mol. The third kappa shape index (κ3) is 3.44. The van der Waals surface area contributed by atoms with Crippen LogP contribution in [0, 0.1) is 0 Å². The van der Waals surface area contributed by atoms with Gasteiger partial charge >= 0.3 is 0 Å². The molecule has 5 aromatic carbocycles. The van der Waals surface area contributed by atoms with E-state index in [2.05, 4.69) is 41.4 Å². The van der Waals surface area contributed by atoms with Gasteiger partial charge in [0.05, 0.1) is 23.1 Å². The van der Waals surface area contributed by atoms with Crippen molar-refractivity contribution in [3.63, 3.8) is 0 Å². The molecule has 2 heterocycles. The molecule has 2 aliphatic rings. The summed E-state index contributed by atoms with van der Waals surface area (Å²) < 4.78 is 0. The minimum absolute atomic E-state index is 0.0382. The standard InChI is InChI=1S/C33H23N3O2/c37-32-27-18-10-17-26-25(19-20-28(31(26)27)33(38)35(32)23-13-6-2-7-14-23)29-21-30(22-11-4-1-5-12-22)36(34-29)24-15-8-3-9-16-24/h1-20,30H,21H2/t30-/m0/s1. The van der Waals surface area contributed by atoms with Crippen molar-refractivity contribution in [2.45, 2.75) is 12.5 Å². The van der Waals surface area contributed by atoms with Crippen molar-refractivity contribution in [3.8, 4) is 0 Å². The number of amides is 2. The molecule has 5 nitrogen and oxygen atoms in total. The van der Waals surface area contributed by atoms with Crippen LogP contribution in [0.5, 0.6) is 0 Å². The first kappa shape index (κ1) is 22.2. The lowest BCUT2D eigenvalue weighted by Gasteiger charge is -2.27. The van der Waals surface area contributed by atoms with Gasteiger partial charge < -0.3 is 0 Å². The predicted octanol–water partition coefficient (Wildman–Crippen LogP) is 7.00. The lowest BCUT2D eigenvalue weighted by molar-refractivity contribution is 0.0893. The fraction of sp³-hybridized carbons (Fsp3) is 0.0606. The molecule has 0 radical (unpaired) electrons. The van der Waals surface area contributed by atoms with Gasteiger partial charge in [0.15, 0.2) is 0 Å².